The van der Waals surface area contributed by atoms with Gasteiger partial charge in [-0.25, -0.2) is 0 Å². The minimum atomic E-state index is 0.369. The SMILES string of the molecule is Cc1ccccc1[C@@H](CC=O)C(C)C. The third-order valence-electron chi connectivity index (χ3n) is 2.74. The van der Waals surface area contributed by atoms with Crippen LogP contribution in [0.5, 0.6) is 0 Å². The molecule has 0 amide bonds. The first kappa shape index (κ1) is 11.0. The maximum absolute atomic E-state index is 10.6. The summed E-state index contributed by atoms with van der Waals surface area (Å²) in [5, 5.41) is 0. The minimum Gasteiger partial charge on any atom is -0.303 e. The fraction of sp³-hybridized carbons (Fsp3) is 0.462. The van der Waals surface area contributed by atoms with E-state index in [1.807, 2.05) is 12.1 Å². The Morgan fingerprint density at radius 1 is 1.29 bits per heavy atom. The molecule has 0 bridgehead atoms. The molecular formula is C13H18O. The van der Waals surface area contributed by atoms with Gasteiger partial charge in [0.2, 0.25) is 0 Å². The standard InChI is InChI=1S/C13H18O/c1-10(2)12(8-9-14)13-7-5-4-6-11(13)3/h4-7,9-10,12H,8H2,1-3H3/t12-/m0/s1. The molecule has 0 heterocycles. The van der Waals surface area contributed by atoms with Gasteiger partial charge in [-0.3, -0.25) is 0 Å². The Kier molecular flexibility index (Phi) is 3.87. The molecule has 0 aliphatic carbocycles. The van der Waals surface area contributed by atoms with Crippen LogP contribution in [0.15, 0.2) is 24.3 Å². The van der Waals surface area contributed by atoms with E-state index in [9.17, 15) is 4.79 Å². The average Bonchev–Trinajstić information content (AvgIpc) is 2.15. The molecule has 1 atom stereocenters. The summed E-state index contributed by atoms with van der Waals surface area (Å²) in [7, 11) is 0. The molecular weight excluding hydrogens is 172 g/mol. The lowest BCUT2D eigenvalue weighted by Gasteiger charge is -2.20. The number of carbonyl (C=O) groups is 1. The van der Waals surface area contributed by atoms with E-state index in [1.54, 1.807) is 0 Å². The van der Waals surface area contributed by atoms with Crippen LogP contribution >= 0.6 is 0 Å². The zero-order chi connectivity index (χ0) is 10.6. The highest BCUT2D eigenvalue weighted by molar-refractivity contribution is 5.52. The van der Waals surface area contributed by atoms with E-state index in [0.29, 0.717) is 18.3 Å². The van der Waals surface area contributed by atoms with E-state index in [-0.39, 0.29) is 0 Å². The largest absolute Gasteiger partial charge is 0.303 e. The zero-order valence-corrected chi connectivity index (χ0v) is 9.16. The van der Waals surface area contributed by atoms with E-state index in [2.05, 4.69) is 32.9 Å². The first-order valence-electron chi connectivity index (χ1n) is 5.16. The van der Waals surface area contributed by atoms with Gasteiger partial charge >= 0.3 is 0 Å². The molecule has 0 aromatic heterocycles. The molecule has 1 rings (SSSR count). The van der Waals surface area contributed by atoms with E-state index >= 15 is 0 Å². The Labute approximate surface area is 86.1 Å². The lowest BCUT2D eigenvalue weighted by molar-refractivity contribution is -0.108. The van der Waals surface area contributed by atoms with Crippen molar-refractivity contribution < 1.29 is 4.79 Å². The van der Waals surface area contributed by atoms with E-state index in [0.717, 1.165) is 6.29 Å². The van der Waals surface area contributed by atoms with Gasteiger partial charge in [0.1, 0.15) is 6.29 Å². The first-order chi connectivity index (χ1) is 6.66. The van der Waals surface area contributed by atoms with Crippen molar-refractivity contribution in [3.63, 3.8) is 0 Å². The van der Waals surface area contributed by atoms with Crippen molar-refractivity contribution in [3.8, 4) is 0 Å². The summed E-state index contributed by atoms with van der Waals surface area (Å²) in [5.41, 5.74) is 2.60. The summed E-state index contributed by atoms with van der Waals surface area (Å²) in [6.07, 6.45) is 1.65. The van der Waals surface area contributed by atoms with Crippen molar-refractivity contribution in [2.45, 2.75) is 33.1 Å². The summed E-state index contributed by atoms with van der Waals surface area (Å²) in [6.45, 7) is 6.44. The van der Waals surface area contributed by atoms with E-state index < -0.39 is 0 Å². The Hall–Kier alpha value is -1.11. The Balaban J connectivity index is 2.98. The van der Waals surface area contributed by atoms with Crippen LogP contribution in [0.25, 0.3) is 0 Å². The molecule has 1 nitrogen and oxygen atoms in total. The van der Waals surface area contributed by atoms with Crippen molar-refractivity contribution >= 4 is 6.29 Å². The molecule has 0 unspecified atom stereocenters. The van der Waals surface area contributed by atoms with Gasteiger partial charge in [0, 0.05) is 6.42 Å². The number of aldehydes is 1. The summed E-state index contributed by atoms with van der Waals surface area (Å²) >= 11 is 0. The number of rotatable bonds is 4. The highest BCUT2D eigenvalue weighted by atomic mass is 16.1. The van der Waals surface area contributed by atoms with Crippen molar-refractivity contribution in [1.29, 1.82) is 0 Å². The van der Waals surface area contributed by atoms with Crippen LogP contribution in [0.3, 0.4) is 0 Å². The van der Waals surface area contributed by atoms with Gasteiger partial charge in [0.25, 0.3) is 0 Å². The topological polar surface area (TPSA) is 17.1 Å². The van der Waals surface area contributed by atoms with Crippen molar-refractivity contribution in [2.24, 2.45) is 5.92 Å². The van der Waals surface area contributed by atoms with E-state index in [4.69, 9.17) is 0 Å². The molecule has 14 heavy (non-hydrogen) atoms. The Bertz CT molecular complexity index is 302. The average molecular weight is 190 g/mol. The molecule has 0 fully saturated rings. The van der Waals surface area contributed by atoms with Gasteiger partial charge in [-0.05, 0) is 29.9 Å². The molecule has 1 aromatic carbocycles. The van der Waals surface area contributed by atoms with Crippen molar-refractivity contribution in [3.05, 3.63) is 35.4 Å². The fourth-order valence-corrected chi connectivity index (χ4v) is 1.86. The highest BCUT2D eigenvalue weighted by Crippen LogP contribution is 2.29. The van der Waals surface area contributed by atoms with Crippen LogP contribution in [-0.4, -0.2) is 6.29 Å². The molecule has 0 aliphatic rings. The number of benzene rings is 1. The molecule has 76 valence electrons. The maximum atomic E-state index is 10.6. The monoisotopic (exact) mass is 190 g/mol. The predicted molar refractivity (Wildman–Crippen MR) is 59.4 cm³/mol. The van der Waals surface area contributed by atoms with E-state index in [1.165, 1.54) is 11.1 Å². The lowest BCUT2D eigenvalue weighted by Crippen LogP contribution is -2.08. The lowest BCUT2D eigenvalue weighted by atomic mass is 9.84. The van der Waals surface area contributed by atoms with Crippen LogP contribution in [0, 0.1) is 12.8 Å². The number of carbonyl (C=O) groups excluding carboxylic acids is 1. The van der Waals surface area contributed by atoms with Gasteiger partial charge < -0.3 is 4.79 Å². The van der Waals surface area contributed by atoms with Gasteiger partial charge in [-0.15, -0.1) is 0 Å². The fourth-order valence-electron chi connectivity index (χ4n) is 1.86. The quantitative estimate of drug-likeness (QED) is 0.666. The maximum Gasteiger partial charge on any atom is 0.120 e. The molecule has 0 aliphatic heterocycles. The van der Waals surface area contributed by atoms with Crippen molar-refractivity contribution in [1.82, 2.24) is 0 Å². The van der Waals surface area contributed by atoms with Crippen LogP contribution < -0.4 is 0 Å². The summed E-state index contributed by atoms with van der Waals surface area (Å²) < 4.78 is 0. The van der Waals surface area contributed by atoms with Gasteiger partial charge in [-0.2, -0.15) is 0 Å². The number of hydrogen-bond donors (Lipinski definition) is 0. The third kappa shape index (κ3) is 2.44. The normalized spacial score (nSPS) is 12.9. The molecule has 0 saturated carbocycles. The predicted octanol–water partition coefficient (Wildman–Crippen LogP) is 3.32. The molecule has 1 aromatic rings. The second-order valence-corrected chi connectivity index (χ2v) is 4.11. The molecule has 0 N–H and O–H groups in total. The molecule has 0 spiro atoms. The molecule has 0 saturated heterocycles. The smallest absolute Gasteiger partial charge is 0.120 e. The molecule has 1 heteroatoms. The zero-order valence-electron chi connectivity index (χ0n) is 9.16. The second kappa shape index (κ2) is 4.94. The Morgan fingerprint density at radius 3 is 2.43 bits per heavy atom. The highest BCUT2D eigenvalue weighted by Gasteiger charge is 2.16. The van der Waals surface area contributed by atoms with Crippen LogP contribution in [-0.2, 0) is 4.79 Å². The third-order valence-corrected chi connectivity index (χ3v) is 2.74. The molecule has 0 radical (unpaired) electrons. The Morgan fingerprint density at radius 2 is 1.93 bits per heavy atom. The second-order valence-electron chi connectivity index (χ2n) is 4.11. The summed E-state index contributed by atoms with van der Waals surface area (Å²) in [6, 6.07) is 8.32. The van der Waals surface area contributed by atoms with Gasteiger partial charge in [0.05, 0.1) is 0 Å². The minimum absolute atomic E-state index is 0.369. The van der Waals surface area contributed by atoms with Gasteiger partial charge in [-0.1, -0.05) is 38.1 Å². The van der Waals surface area contributed by atoms with Crippen LogP contribution in [0.1, 0.15) is 37.3 Å². The van der Waals surface area contributed by atoms with Crippen molar-refractivity contribution in [2.75, 3.05) is 0 Å². The summed E-state index contributed by atoms with van der Waals surface area (Å²) in [5.74, 6) is 0.884. The number of aryl methyl sites for hydroxylation is 1. The van der Waals surface area contributed by atoms with Crippen LogP contribution in [0.2, 0.25) is 0 Å². The summed E-state index contributed by atoms with van der Waals surface area (Å²) in [4.78, 5) is 10.6. The van der Waals surface area contributed by atoms with Crippen LogP contribution in [0.4, 0.5) is 0 Å². The van der Waals surface area contributed by atoms with Gasteiger partial charge in [0.15, 0.2) is 0 Å². The number of hydrogen-bond acceptors (Lipinski definition) is 1. The first-order valence-corrected chi connectivity index (χ1v) is 5.16.